The molecular weight excluding hydrogens is 479 g/mol. The van der Waals surface area contributed by atoms with Crippen molar-refractivity contribution in [2.24, 2.45) is 0 Å². The molecule has 0 fully saturated rings. The van der Waals surface area contributed by atoms with E-state index in [2.05, 4.69) is 16.9 Å². The lowest BCUT2D eigenvalue weighted by Crippen LogP contribution is -2.23. The number of thioether (sulfide) groups is 1. The lowest BCUT2D eigenvalue weighted by atomic mass is 10.1. The van der Waals surface area contributed by atoms with Gasteiger partial charge in [0.25, 0.3) is 5.56 Å². The molecule has 0 unspecified atom stereocenters. The summed E-state index contributed by atoms with van der Waals surface area (Å²) < 4.78 is 15.0. The number of aromatic nitrogens is 2. The van der Waals surface area contributed by atoms with E-state index in [4.69, 9.17) is 0 Å². The molecule has 2 heterocycles. The van der Waals surface area contributed by atoms with Crippen LogP contribution in [0, 0.1) is 15.9 Å². The van der Waals surface area contributed by atoms with Gasteiger partial charge in [0.05, 0.1) is 16.1 Å². The number of carbonyl (C=O) groups excluding carboxylic acids is 1. The van der Waals surface area contributed by atoms with E-state index in [1.54, 1.807) is 6.08 Å². The molecule has 34 heavy (non-hydrogen) atoms. The number of halogens is 1. The molecule has 0 radical (unpaired) electrons. The Morgan fingerprint density at radius 2 is 2.06 bits per heavy atom. The van der Waals surface area contributed by atoms with Crippen LogP contribution in [0.15, 0.2) is 76.5 Å². The largest absolute Gasteiger partial charge is 0.325 e. The van der Waals surface area contributed by atoms with Crippen LogP contribution >= 0.6 is 23.1 Å². The van der Waals surface area contributed by atoms with Gasteiger partial charge in [-0.2, -0.15) is 4.39 Å². The summed E-state index contributed by atoms with van der Waals surface area (Å²) >= 11 is 2.40. The third kappa shape index (κ3) is 4.75. The number of nitrogens with zero attached hydrogens (tertiary/aromatic N) is 3. The van der Waals surface area contributed by atoms with E-state index >= 15 is 0 Å². The van der Waals surface area contributed by atoms with Gasteiger partial charge in [-0.05, 0) is 17.7 Å². The van der Waals surface area contributed by atoms with Crippen LogP contribution in [0.25, 0.3) is 21.3 Å². The highest BCUT2D eigenvalue weighted by Gasteiger charge is 2.19. The second kappa shape index (κ2) is 9.98. The molecule has 0 bridgehead atoms. The number of carbonyl (C=O) groups is 1. The summed E-state index contributed by atoms with van der Waals surface area (Å²) in [6, 6.07) is 12.6. The molecule has 2 aromatic heterocycles. The lowest BCUT2D eigenvalue weighted by Gasteiger charge is -2.11. The summed E-state index contributed by atoms with van der Waals surface area (Å²) in [6.07, 6.45) is 1.57. The molecule has 0 aliphatic rings. The molecule has 0 spiro atoms. The Morgan fingerprint density at radius 1 is 1.29 bits per heavy atom. The van der Waals surface area contributed by atoms with Crippen molar-refractivity contribution in [3.63, 3.8) is 0 Å². The van der Waals surface area contributed by atoms with Crippen LogP contribution in [-0.4, -0.2) is 26.1 Å². The third-order valence-electron chi connectivity index (χ3n) is 4.81. The van der Waals surface area contributed by atoms with Crippen molar-refractivity contribution in [2.75, 3.05) is 11.1 Å². The minimum Gasteiger partial charge on any atom is -0.325 e. The van der Waals surface area contributed by atoms with Crippen molar-refractivity contribution in [1.29, 1.82) is 0 Å². The van der Waals surface area contributed by atoms with Gasteiger partial charge in [-0.1, -0.05) is 48.2 Å². The number of hydrogen-bond donors (Lipinski definition) is 1. The molecule has 0 atom stereocenters. The molecule has 4 aromatic rings. The summed E-state index contributed by atoms with van der Waals surface area (Å²) in [5, 5.41) is 16.1. The number of thiophene rings is 1. The highest BCUT2D eigenvalue weighted by molar-refractivity contribution is 7.99. The Hall–Kier alpha value is -3.83. The van der Waals surface area contributed by atoms with Gasteiger partial charge >= 0.3 is 5.69 Å². The maximum Gasteiger partial charge on any atom is 0.306 e. The predicted octanol–water partition coefficient (Wildman–Crippen LogP) is 5.09. The predicted molar refractivity (Wildman–Crippen MR) is 132 cm³/mol. The standard InChI is InChI=1S/C23H17FN4O4S2/c1-2-10-27-22(30)20-16(14-6-4-3-5-7-14)12-33-21(20)26-23(27)34-13-19(29)25-15-8-9-17(24)18(11-15)28(31)32/h2-9,11-12H,1,10,13H2,(H,25,29). The van der Waals surface area contributed by atoms with Crippen LogP contribution in [0.5, 0.6) is 0 Å². The number of allylic oxidation sites excluding steroid dienone is 1. The average Bonchev–Trinajstić information content (AvgIpc) is 3.25. The van der Waals surface area contributed by atoms with Crippen molar-refractivity contribution in [2.45, 2.75) is 11.7 Å². The summed E-state index contributed by atoms with van der Waals surface area (Å²) in [4.78, 5) is 41.0. The molecule has 172 valence electrons. The van der Waals surface area contributed by atoms with Gasteiger partial charge in [0.1, 0.15) is 4.83 Å². The SMILES string of the molecule is C=CCn1c(SCC(=O)Nc2ccc(F)c([N+](=O)[O-])c2)nc2scc(-c3ccccc3)c2c1=O. The summed E-state index contributed by atoms with van der Waals surface area (Å²) in [7, 11) is 0. The number of hydrogen-bond acceptors (Lipinski definition) is 7. The molecule has 0 aliphatic heterocycles. The number of nitro benzene ring substituents is 1. The van der Waals surface area contributed by atoms with Gasteiger partial charge in [0.2, 0.25) is 11.7 Å². The molecule has 11 heteroatoms. The fourth-order valence-corrected chi connectivity index (χ4v) is 5.09. The molecule has 2 aromatic carbocycles. The first-order valence-electron chi connectivity index (χ1n) is 9.94. The second-order valence-electron chi connectivity index (χ2n) is 7.05. The van der Waals surface area contributed by atoms with E-state index in [9.17, 15) is 24.1 Å². The van der Waals surface area contributed by atoms with Crippen molar-refractivity contribution >= 4 is 50.6 Å². The van der Waals surface area contributed by atoms with Crippen molar-refractivity contribution < 1.29 is 14.1 Å². The van der Waals surface area contributed by atoms with Gasteiger partial charge in [-0.3, -0.25) is 24.3 Å². The fourth-order valence-electron chi connectivity index (χ4n) is 3.29. The monoisotopic (exact) mass is 496 g/mol. The Balaban J connectivity index is 1.59. The molecule has 1 N–H and O–H groups in total. The first-order valence-corrected chi connectivity index (χ1v) is 11.8. The number of benzene rings is 2. The zero-order chi connectivity index (χ0) is 24.2. The van der Waals surface area contributed by atoms with Crippen LogP contribution in [0.1, 0.15) is 0 Å². The Morgan fingerprint density at radius 3 is 2.76 bits per heavy atom. The molecule has 0 saturated heterocycles. The van der Waals surface area contributed by atoms with E-state index in [0.29, 0.717) is 15.4 Å². The highest BCUT2D eigenvalue weighted by Crippen LogP contribution is 2.32. The van der Waals surface area contributed by atoms with Crippen LogP contribution in [0.3, 0.4) is 0 Å². The lowest BCUT2D eigenvalue weighted by molar-refractivity contribution is -0.387. The van der Waals surface area contributed by atoms with E-state index in [0.717, 1.165) is 35.0 Å². The first-order chi connectivity index (χ1) is 16.4. The van der Waals surface area contributed by atoms with Gasteiger partial charge < -0.3 is 5.32 Å². The normalized spacial score (nSPS) is 10.9. The van der Waals surface area contributed by atoms with E-state index in [1.807, 2.05) is 35.7 Å². The number of anilines is 1. The Bertz CT molecular complexity index is 1470. The van der Waals surface area contributed by atoms with Crippen LogP contribution in [0.2, 0.25) is 0 Å². The topological polar surface area (TPSA) is 107 Å². The Kier molecular flexibility index (Phi) is 6.85. The maximum absolute atomic E-state index is 13.5. The van der Waals surface area contributed by atoms with E-state index in [1.165, 1.54) is 22.0 Å². The van der Waals surface area contributed by atoms with E-state index < -0.39 is 22.3 Å². The van der Waals surface area contributed by atoms with E-state index in [-0.39, 0.29) is 23.5 Å². The highest BCUT2D eigenvalue weighted by atomic mass is 32.2. The maximum atomic E-state index is 13.5. The number of amides is 1. The van der Waals surface area contributed by atoms with Crippen LogP contribution in [0.4, 0.5) is 15.8 Å². The summed E-state index contributed by atoms with van der Waals surface area (Å²) in [5.74, 6) is -1.59. The van der Waals surface area contributed by atoms with Crippen molar-refractivity contribution in [3.8, 4) is 11.1 Å². The minimum absolute atomic E-state index is 0.0938. The quantitative estimate of drug-likeness (QED) is 0.120. The zero-order valence-electron chi connectivity index (χ0n) is 17.6. The van der Waals surface area contributed by atoms with Gasteiger partial charge in [-0.15, -0.1) is 17.9 Å². The molecule has 8 nitrogen and oxygen atoms in total. The number of rotatable bonds is 8. The van der Waals surface area contributed by atoms with Crippen LogP contribution < -0.4 is 10.9 Å². The van der Waals surface area contributed by atoms with Gasteiger partial charge in [0, 0.05) is 29.2 Å². The Labute approximate surface area is 200 Å². The summed E-state index contributed by atoms with van der Waals surface area (Å²) in [6.45, 7) is 3.92. The third-order valence-corrected chi connectivity index (χ3v) is 6.66. The zero-order valence-corrected chi connectivity index (χ0v) is 19.2. The molecular formula is C23H17FN4O4S2. The smallest absolute Gasteiger partial charge is 0.306 e. The van der Waals surface area contributed by atoms with Gasteiger partial charge in [-0.25, -0.2) is 4.98 Å². The fraction of sp³-hybridized carbons (Fsp3) is 0.0870. The molecule has 1 amide bonds. The van der Waals surface area contributed by atoms with Gasteiger partial charge in [0.15, 0.2) is 5.16 Å². The van der Waals surface area contributed by atoms with Crippen LogP contribution in [-0.2, 0) is 11.3 Å². The number of nitrogens with one attached hydrogen (secondary N) is 1. The average molecular weight is 497 g/mol. The second-order valence-corrected chi connectivity index (χ2v) is 8.86. The molecule has 4 rings (SSSR count). The summed E-state index contributed by atoms with van der Waals surface area (Å²) in [5.41, 5.74) is 0.830. The van der Waals surface area contributed by atoms with Crippen molar-refractivity contribution in [3.05, 3.63) is 92.9 Å². The number of nitro groups is 1. The number of fused-ring (bicyclic) bond motifs is 1. The first kappa shape index (κ1) is 23.3. The molecule has 0 saturated carbocycles. The molecule has 0 aliphatic carbocycles. The van der Waals surface area contributed by atoms with Crippen molar-refractivity contribution in [1.82, 2.24) is 9.55 Å². The minimum atomic E-state index is -0.992.